The number of hydrogen-bond acceptors (Lipinski definition) is 5. The van der Waals surface area contributed by atoms with E-state index in [2.05, 4.69) is 5.10 Å². The maximum atomic E-state index is 12.4. The third-order valence-electron chi connectivity index (χ3n) is 3.59. The van der Waals surface area contributed by atoms with Crippen LogP contribution in [0.5, 0.6) is 0 Å². The summed E-state index contributed by atoms with van der Waals surface area (Å²) < 4.78 is 27.6. The van der Waals surface area contributed by atoms with Gasteiger partial charge in [-0.2, -0.15) is 9.40 Å². The van der Waals surface area contributed by atoms with Gasteiger partial charge in [-0.15, -0.1) is 0 Å². The minimum atomic E-state index is -3.59. The molecule has 1 aromatic heterocycles. The molecule has 2 N–H and O–H groups in total. The van der Waals surface area contributed by atoms with Gasteiger partial charge >= 0.3 is 5.97 Å². The molecule has 21 heavy (non-hydrogen) atoms. The highest BCUT2D eigenvalue weighted by Gasteiger charge is 2.32. The van der Waals surface area contributed by atoms with Crippen LogP contribution in [0.1, 0.15) is 19.3 Å². The predicted octanol–water partition coefficient (Wildman–Crippen LogP) is -0.249. The highest BCUT2D eigenvalue weighted by atomic mass is 32.2. The average Bonchev–Trinajstić information content (AvgIpc) is 3.06. The first kappa shape index (κ1) is 15.9. The Bertz CT molecular complexity index is 598. The minimum Gasteiger partial charge on any atom is -0.481 e. The van der Waals surface area contributed by atoms with E-state index in [1.54, 1.807) is 0 Å². The van der Waals surface area contributed by atoms with Crippen molar-refractivity contribution in [2.75, 3.05) is 19.7 Å². The molecule has 1 atom stereocenters. The van der Waals surface area contributed by atoms with Gasteiger partial charge in [0.1, 0.15) is 4.90 Å². The molecule has 1 aromatic rings. The monoisotopic (exact) mass is 317 g/mol. The van der Waals surface area contributed by atoms with Gasteiger partial charge in [0.25, 0.3) is 0 Å². The molecule has 9 heteroatoms. The van der Waals surface area contributed by atoms with E-state index >= 15 is 0 Å². The summed E-state index contributed by atoms with van der Waals surface area (Å²) in [5, 5.41) is 21.4. The number of aromatic nitrogens is 2. The smallest absolute Gasteiger partial charge is 0.305 e. The number of carboxylic acids is 1. The van der Waals surface area contributed by atoms with Crippen LogP contribution in [-0.4, -0.2) is 58.4 Å². The fraction of sp³-hybridized carbons (Fsp3) is 0.667. The Hall–Kier alpha value is -1.45. The molecule has 0 aromatic carbocycles. The molecule has 0 aliphatic carbocycles. The summed E-state index contributed by atoms with van der Waals surface area (Å²) in [5.41, 5.74) is 0. The Labute approximate surface area is 123 Å². The number of aryl methyl sites for hydroxylation is 1. The van der Waals surface area contributed by atoms with Crippen molar-refractivity contribution >= 4 is 16.0 Å². The molecule has 0 bridgehead atoms. The number of aliphatic carboxylic acids is 1. The number of carbonyl (C=O) groups is 1. The number of sulfonamides is 1. The summed E-state index contributed by atoms with van der Waals surface area (Å²) in [4.78, 5) is 10.6. The summed E-state index contributed by atoms with van der Waals surface area (Å²) in [5.74, 6) is -0.770. The summed E-state index contributed by atoms with van der Waals surface area (Å²) >= 11 is 0. The predicted molar refractivity (Wildman–Crippen MR) is 73.0 cm³/mol. The topological polar surface area (TPSA) is 113 Å². The first-order valence-electron chi connectivity index (χ1n) is 6.78. The lowest BCUT2D eigenvalue weighted by Gasteiger charge is -2.15. The van der Waals surface area contributed by atoms with Crippen molar-refractivity contribution in [3.63, 3.8) is 0 Å². The first-order valence-corrected chi connectivity index (χ1v) is 8.22. The van der Waals surface area contributed by atoms with Crippen LogP contribution in [-0.2, 0) is 21.4 Å². The van der Waals surface area contributed by atoms with E-state index in [0.29, 0.717) is 19.5 Å². The quantitative estimate of drug-likeness (QED) is 0.717. The van der Waals surface area contributed by atoms with E-state index in [-0.39, 0.29) is 30.4 Å². The maximum absolute atomic E-state index is 12.4. The lowest BCUT2D eigenvalue weighted by Crippen LogP contribution is -2.28. The molecular formula is C12H19N3O5S. The van der Waals surface area contributed by atoms with Gasteiger partial charge < -0.3 is 10.2 Å². The summed E-state index contributed by atoms with van der Waals surface area (Å²) in [6, 6.07) is 0. The van der Waals surface area contributed by atoms with Crippen molar-refractivity contribution in [2.45, 2.75) is 30.7 Å². The van der Waals surface area contributed by atoms with Crippen molar-refractivity contribution in [1.29, 1.82) is 0 Å². The van der Waals surface area contributed by atoms with Gasteiger partial charge in [0.05, 0.1) is 19.2 Å². The van der Waals surface area contributed by atoms with Crippen LogP contribution >= 0.6 is 0 Å². The highest BCUT2D eigenvalue weighted by molar-refractivity contribution is 7.89. The van der Waals surface area contributed by atoms with Gasteiger partial charge in [-0.05, 0) is 18.8 Å². The maximum Gasteiger partial charge on any atom is 0.305 e. The van der Waals surface area contributed by atoms with Gasteiger partial charge in [-0.3, -0.25) is 9.48 Å². The molecule has 0 spiro atoms. The van der Waals surface area contributed by atoms with Crippen LogP contribution in [0.2, 0.25) is 0 Å². The highest BCUT2D eigenvalue weighted by Crippen LogP contribution is 2.25. The zero-order valence-corrected chi connectivity index (χ0v) is 12.4. The molecule has 0 amide bonds. The Morgan fingerprint density at radius 1 is 1.48 bits per heavy atom. The van der Waals surface area contributed by atoms with Crippen LogP contribution in [0.15, 0.2) is 17.3 Å². The molecule has 0 saturated carbocycles. The largest absolute Gasteiger partial charge is 0.481 e. The molecule has 2 rings (SSSR count). The average molecular weight is 317 g/mol. The number of aliphatic hydroxyl groups excluding tert-OH is 1. The second kappa shape index (κ2) is 6.54. The molecule has 2 heterocycles. The Morgan fingerprint density at radius 2 is 2.24 bits per heavy atom. The number of carboxylic acid groups (broad SMARTS) is 1. The molecule has 118 valence electrons. The standard InChI is InChI=1S/C12H19N3O5S/c16-6-3-10-1-5-15(8-10)21(19,20)11-7-13-14(9-11)4-2-12(17)18/h7,9-10,16H,1-6,8H2,(H,17,18). The number of rotatable bonds is 7. The summed E-state index contributed by atoms with van der Waals surface area (Å²) in [6.45, 7) is 1.04. The molecule has 1 saturated heterocycles. The normalized spacial score (nSPS) is 20.0. The van der Waals surface area contributed by atoms with E-state index in [1.807, 2.05) is 0 Å². The Morgan fingerprint density at radius 3 is 2.90 bits per heavy atom. The zero-order valence-electron chi connectivity index (χ0n) is 11.6. The molecule has 1 fully saturated rings. The van der Waals surface area contributed by atoms with E-state index in [4.69, 9.17) is 10.2 Å². The van der Waals surface area contributed by atoms with Gasteiger partial charge in [-0.25, -0.2) is 8.42 Å². The third-order valence-corrected chi connectivity index (χ3v) is 5.41. The van der Waals surface area contributed by atoms with Crippen LogP contribution < -0.4 is 0 Å². The molecule has 0 radical (unpaired) electrons. The van der Waals surface area contributed by atoms with Crippen LogP contribution in [0.3, 0.4) is 0 Å². The number of hydrogen-bond donors (Lipinski definition) is 2. The lowest BCUT2D eigenvalue weighted by molar-refractivity contribution is -0.137. The number of nitrogens with zero attached hydrogens (tertiary/aromatic N) is 3. The van der Waals surface area contributed by atoms with E-state index in [1.165, 1.54) is 21.4 Å². The van der Waals surface area contributed by atoms with Crippen molar-refractivity contribution < 1.29 is 23.4 Å². The van der Waals surface area contributed by atoms with E-state index in [0.717, 1.165) is 6.42 Å². The van der Waals surface area contributed by atoms with Gasteiger partial charge in [0.2, 0.25) is 10.0 Å². The second-order valence-corrected chi connectivity index (χ2v) is 7.05. The van der Waals surface area contributed by atoms with E-state index < -0.39 is 16.0 Å². The molecule has 1 unspecified atom stereocenters. The van der Waals surface area contributed by atoms with Crippen molar-refractivity contribution in [1.82, 2.24) is 14.1 Å². The molecular weight excluding hydrogens is 298 g/mol. The Balaban J connectivity index is 2.04. The minimum absolute atomic E-state index is 0.0612. The summed E-state index contributed by atoms with van der Waals surface area (Å²) in [6.07, 6.45) is 3.84. The van der Waals surface area contributed by atoms with Crippen LogP contribution in [0, 0.1) is 5.92 Å². The van der Waals surface area contributed by atoms with Crippen molar-refractivity contribution in [2.24, 2.45) is 5.92 Å². The third kappa shape index (κ3) is 3.80. The molecule has 8 nitrogen and oxygen atoms in total. The van der Waals surface area contributed by atoms with Crippen molar-refractivity contribution in [3.05, 3.63) is 12.4 Å². The van der Waals surface area contributed by atoms with Crippen LogP contribution in [0.4, 0.5) is 0 Å². The zero-order chi connectivity index (χ0) is 15.5. The number of aliphatic hydroxyl groups is 1. The van der Waals surface area contributed by atoms with Gasteiger partial charge in [-0.1, -0.05) is 0 Å². The van der Waals surface area contributed by atoms with Gasteiger partial charge in [0, 0.05) is 25.9 Å². The van der Waals surface area contributed by atoms with Crippen molar-refractivity contribution in [3.8, 4) is 0 Å². The van der Waals surface area contributed by atoms with E-state index in [9.17, 15) is 13.2 Å². The van der Waals surface area contributed by atoms with Gasteiger partial charge in [0.15, 0.2) is 0 Å². The van der Waals surface area contributed by atoms with Crippen LogP contribution in [0.25, 0.3) is 0 Å². The Kier molecular flexibility index (Phi) is 4.96. The fourth-order valence-corrected chi connectivity index (χ4v) is 3.88. The summed E-state index contributed by atoms with van der Waals surface area (Å²) in [7, 11) is -3.59. The SMILES string of the molecule is O=C(O)CCn1cc(S(=O)(=O)N2CCC(CCO)C2)cn1. The first-order chi connectivity index (χ1) is 9.93. The molecule has 1 aliphatic heterocycles. The molecule has 1 aliphatic rings. The fourth-order valence-electron chi connectivity index (χ4n) is 2.39. The second-order valence-electron chi connectivity index (χ2n) is 5.11. The lowest BCUT2D eigenvalue weighted by atomic mass is 10.1.